The number of rotatable bonds is 5. The van der Waals surface area contributed by atoms with E-state index in [0.717, 1.165) is 53.4 Å². The summed E-state index contributed by atoms with van der Waals surface area (Å²) in [5, 5.41) is 1.67. The molecule has 4 rings (SSSR count). The first-order valence-electron chi connectivity index (χ1n) is 9.18. The Balaban J connectivity index is 1.70. The summed E-state index contributed by atoms with van der Waals surface area (Å²) in [4.78, 5) is 20.3. The molecule has 134 valence electrons. The summed E-state index contributed by atoms with van der Waals surface area (Å²) in [7, 11) is 0. The van der Waals surface area contributed by atoms with Gasteiger partial charge >= 0.3 is 0 Å². The molecule has 0 spiro atoms. The molecule has 0 unspecified atom stereocenters. The molecule has 3 heterocycles. The maximum Gasteiger partial charge on any atom is 0.263 e. The number of allylic oxidation sites excluding steroid dienone is 1. The number of thioether (sulfide) groups is 1. The van der Waals surface area contributed by atoms with Gasteiger partial charge < -0.3 is 4.74 Å². The van der Waals surface area contributed by atoms with Gasteiger partial charge in [0.05, 0.1) is 11.5 Å². The lowest BCUT2D eigenvalue weighted by atomic mass is 9.97. The van der Waals surface area contributed by atoms with Crippen molar-refractivity contribution in [1.29, 1.82) is 0 Å². The average Bonchev–Trinajstić information content (AvgIpc) is 3.02. The molecule has 0 radical (unpaired) electrons. The van der Waals surface area contributed by atoms with Crippen molar-refractivity contribution in [2.45, 2.75) is 62.8 Å². The normalized spacial score (nSPS) is 20.6. The van der Waals surface area contributed by atoms with Crippen molar-refractivity contribution in [3.63, 3.8) is 0 Å². The molecule has 0 bridgehead atoms. The van der Waals surface area contributed by atoms with Gasteiger partial charge in [-0.05, 0) is 50.5 Å². The second kappa shape index (κ2) is 7.64. The number of thiophene rings is 1. The van der Waals surface area contributed by atoms with Gasteiger partial charge in [0.2, 0.25) is 0 Å². The topological polar surface area (TPSA) is 44.1 Å². The molecular formula is C19H24N2O2S2. The zero-order chi connectivity index (χ0) is 17.2. The summed E-state index contributed by atoms with van der Waals surface area (Å²) in [5.41, 5.74) is 1.37. The minimum absolute atomic E-state index is 0.108. The van der Waals surface area contributed by atoms with Gasteiger partial charge in [-0.15, -0.1) is 17.9 Å². The van der Waals surface area contributed by atoms with Crippen molar-refractivity contribution in [2.75, 3.05) is 12.4 Å². The van der Waals surface area contributed by atoms with E-state index in [1.807, 2.05) is 0 Å². The predicted octanol–water partition coefficient (Wildman–Crippen LogP) is 4.18. The number of aryl methyl sites for hydroxylation is 2. The summed E-state index contributed by atoms with van der Waals surface area (Å²) >= 11 is 3.38. The summed E-state index contributed by atoms with van der Waals surface area (Å²) < 4.78 is 7.63. The van der Waals surface area contributed by atoms with Crippen molar-refractivity contribution in [3.8, 4) is 0 Å². The third-order valence-corrected chi connectivity index (χ3v) is 7.32. The molecule has 6 heteroatoms. The Morgan fingerprint density at radius 3 is 3.00 bits per heavy atom. The molecule has 0 N–H and O–H groups in total. The molecule has 0 amide bonds. The van der Waals surface area contributed by atoms with Crippen molar-refractivity contribution >= 4 is 33.3 Å². The van der Waals surface area contributed by atoms with Gasteiger partial charge in [-0.1, -0.05) is 17.8 Å². The first-order chi connectivity index (χ1) is 12.3. The van der Waals surface area contributed by atoms with E-state index >= 15 is 0 Å². The van der Waals surface area contributed by atoms with Crippen LogP contribution >= 0.6 is 23.1 Å². The van der Waals surface area contributed by atoms with Crippen LogP contribution in [0.15, 0.2) is 22.6 Å². The van der Waals surface area contributed by atoms with Crippen LogP contribution in [0.4, 0.5) is 0 Å². The number of hydrogen-bond acceptors (Lipinski definition) is 5. The van der Waals surface area contributed by atoms with Crippen molar-refractivity contribution < 1.29 is 4.74 Å². The van der Waals surface area contributed by atoms with Crippen LogP contribution in [0.5, 0.6) is 0 Å². The maximum atomic E-state index is 13.2. The summed E-state index contributed by atoms with van der Waals surface area (Å²) in [6.45, 7) is 5.19. The standard InChI is InChI=1S/C19H24N2O2S2/c1-2-10-21-18(22)16-14-8-3-4-9-15(14)25-17(16)20-19(21)24-12-13-7-5-6-11-23-13/h2,13H,1,3-12H2/t13-/m0/s1. The van der Waals surface area contributed by atoms with Gasteiger partial charge in [0.25, 0.3) is 5.56 Å². The molecule has 1 atom stereocenters. The van der Waals surface area contributed by atoms with Gasteiger partial charge in [-0.3, -0.25) is 9.36 Å². The Bertz CT molecular complexity index is 834. The summed E-state index contributed by atoms with van der Waals surface area (Å²) in [5.74, 6) is 0.861. The molecule has 2 aliphatic rings. The fourth-order valence-corrected chi connectivity index (χ4v) is 6.10. The fourth-order valence-electron chi connectivity index (χ4n) is 3.73. The van der Waals surface area contributed by atoms with Crippen LogP contribution in [0.3, 0.4) is 0 Å². The Kier molecular flexibility index (Phi) is 5.29. The number of aromatic nitrogens is 2. The molecule has 2 aromatic rings. The average molecular weight is 377 g/mol. The van der Waals surface area contributed by atoms with Crippen LogP contribution in [0.25, 0.3) is 10.2 Å². The molecule has 0 saturated carbocycles. The molecule has 2 aromatic heterocycles. The second-order valence-corrected chi connectivity index (χ2v) is 8.86. The van der Waals surface area contributed by atoms with E-state index in [1.165, 1.54) is 29.7 Å². The van der Waals surface area contributed by atoms with Crippen molar-refractivity contribution in [2.24, 2.45) is 0 Å². The van der Waals surface area contributed by atoms with E-state index in [2.05, 4.69) is 6.58 Å². The smallest absolute Gasteiger partial charge is 0.263 e. The molecule has 1 saturated heterocycles. The third kappa shape index (κ3) is 3.44. The van der Waals surface area contributed by atoms with Crippen molar-refractivity contribution in [1.82, 2.24) is 9.55 Å². The van der Waals surface area contributed by atoms with Gasteiger partial charge in [-0.2, -0.15) is 0 Å². The van der Waals surface area contributed by atoms with E-state index in [4.69, 9.17) is 9.72 Å². The quantitative estimate of drug-likeness (QED) is 0.446. The van der Waals surface area contributed by atoms with E-state index in [1.54, 1.807) is 33.7 Å². The first-order valence-corrected chi connectivity index (χ1v) is 11.0. The summed E-state index contributed by atoms with van der Waals surface area (Å²) in [6.07, 6.45) is 10.1. The molecule has 1 aliphatic carbocycles. The third-order valence-electron chi connectivity index (χ3n) is 5.02. The Morgan fingerprint density at radius 2 is 2.20 bits per heavy atom. The number of ether oxygens (including phenoxy) is 1. The molecule has 0 aromatic carbocycles. The highest BCUT2D eigenvalue weighted by Gasteiger charge is 2.23. The van der Waals surface area contributed by atoms with E-state index in [-0.39, 0.29) is 11.7 Å². The highest BCUT2D eigenvalue weighted by molar-refractivity contribution is 7.99. The molecule has 1 aliphatic heterocycles. The highest BCUT2D eigenvalue weighted by Crippen LogP contribution is 2.35. The molecule has 4 nitrogen and oxygen atoms in total. The fraction of sp³-hybridized carbons (Fsp3) is 0.579. The van der Waals surface area contributed by atoms with Crippen LogP contribution in [0.1, 0.15) is 42.5 Å². The maximum absolute atomic E-state index is 13.2. The lowest BCUT2D eigenvalue weighted by Crippen LogP contribution is -2.25. The Hall–Kier alpha value is -1.11. The van der Waals surface area contributed by atoms with E-state index < -0.39 is 0 Å². The first kappa shape index (κ1) is 17.3. The van der Waals surface area contributed by atoms with Gasteiger partial charge in [0.1, 0.15) is 4.83 Å². The molecule has 1 fully saturated rings. The van der Waals surface area contributed by atoms with Crippen LogP contribution < -0.4 is 5.56 Å². The lowest BCUT2D eigenvalue weighted by Gasteiger charge is -2.22. The van der Waals surface area contributed by atoms with E-state index in [0.29, 0.717) is 6.54 Å². The van der Waals surface area contributed by atoms with Crippen LogP contribution in [0, 0.1) is 0 Å². The van der Waals surface area contributed by atoms with E-state index in [9.17, 15) is 4.79 Å². The molecule has 25 heavy (non-hydrogen) atoms. The zero-order valence-electron chi connectivity index (χ0n) is 14.5. The predicted molar refractivity (Wildman–Crippen MR) is 105 cm³/mol. The van der Waals surface area contributed by atoms with Gasteiger partial charge in [0.15, 0.2) is 5.16 Å². The summed E-state index contributed by atoms with van der Waals surface area (Å²) in [6, 6.07) is 0. The number of nitrogens with zero attached hydrogens (tertiary/aromatic N) is 2. The monoisotopic (exact) mass is 376 g/mol. The lowest BCUT2D eigenvalue weighted by molar-refractivity contribution is 0.0315. The Labute approximate surface area is 156 Å². The van der Waals surface area contributed by atoms with Crippen LogP contribution in [-0.2, 0) is 24.1 Å². The SMILES string of the molecule is C=CCn1c(SC[C@@H]2CCCCO2)nc2sc3c(c2c1=O)CCCC3. The Morgan fingerprint density at radius 1 is 1.32 bits per heavy atom. The minimum Gasteiger partial charge on any atom is -0.377 e. The van der Waals surface area contributed by atoms with Crippen LogP contribution in [-0.4, -0.2) is 28.0 Å². The number of hydrogen-bond donors (Lipinski definition) is 0. The van der Waals surface area contributed by atoms with Crippen LogP contribution in [0.2, 0.25) is 0 Å². The second-order valence-electron chi connectivity index (χ2n) is 6.79. The largest absolute Gasteiger partial charge is 0.377 e. The molecular weight excluding hydrogens is 352 g/mol. The van der Waals surface area contributed by atoms with Gasteiger partial charge in [0, 0.05) is 23.8 Å². The number of fused-ring (bicyclic) bond motifs is 3. The van der Waals surface area contributed by atoms with Gasteiger partial charge in [-0.25, -0.2) is 4.98 Å². The van der Waals surface area contributed by atoms with Crippen molar-refractivity contribution in [3.05, 3.63) is 33.4 Å². The minimum atomic E-state index is 0.108. The highest BCUT2D eigenvalue weighted by atomic mass is 32.2. The zero-order valence-corrected chi connectivity index (χ0v) is 16.1.